The molecule has 0 aromatic heterocycles. The van der Waals surface area contributed by atoms with Crippen molar-refractivity contribution in [2.24, 2.45) is 0 Å². The maximum absolute atomic E-state index is 10.2. The number of fused-ring (bicyclic) bond motifs is 1. The SMILES string of the molecule is COc1cc(C2Oc3c(OC)cc(CCCO)cc3C2CO)cc(CO)c1OC(CO)CO. The molecule has 5 N–H and O–H groups in total. The van der Waals surface area contributed by atoms with Crippen LogP contribution in [0.2, 0.25) is 0 Å². The van der Waals surface area contributed by atoms with Gasteiger partial charge >= 0.3 is 0 Å². The summed E-state index contributed by atoms with van der Waals surface area (Å²) in [5.41, 5.74) is 2.82. The topological polar surface area (TPSA) is 138 Å². The normalized spacial score (nSPS) is 17.1. The van der Waals surface area contributed by atoms with Crippen molar-refractivity contribution in [2.75, 3.05) is 40.6 Å². The zero-order valence-corrected chi connectivity index (χ0v) is 18.9. The Balaban J connectivity index is 2.03. The van der Waals surface area contributed by atoms with Crippen molar-refractivity contribution < 1.29 is 44.5 Å². The van der Waals surface area contributed by atoms with E-state index in [2.05, 4.69) is 0 Å². The largest absolute Gasteiger partial charge is 0.493 e. The third kappa shape index (κ3) is 5.18. The molecule has 9 heteroatoms. The Morgan fingerprint density at radius 3 is 2.24 bits per heavy atom. The van der Waals surface area contributed by atoms with Gasteiger partial charge < -0.3 is 44.5 Å². The van der Waals surface area contributed by atoms with Crippen molar-refractivity contribution in [3.05, 3.63) is 46.5 Å². The van der Waals surface area contributed by atoms with Gasteiger partial charge in [-0.25, -0.2) is 0 Å². The van der Waals surface area contributed by atoms with Crippen LogP contribution in [0.4, 0.5) is 0 Å². The van der Waals surface area contributed by atoms with Crippen molar-refractivity contribution >= 4 is 0 Å². The molecule has 3 rings (SSSR count). The molecule has 0 aliphatic carbocycles. The highest BCUT2D eigenvalue weighted by Gasteiger charge is 2.38. The highest BCUT2D eigenvalue weighted by Crippen LogP contribution is 2.52. The molecule has 0 amide bonds. The minimum atomic E-state index is -0.867. The van der Waals surface area contributed by atoms with E-state index in [-0.39, 0.29) is 25.6 Å². The van der Waals surface area contributed by atoms with Gasteiger partial charge in [0.25, 0.3) is 0 Å². The molecule has 182 valence electrons. The Morgan fingerprint density at radius 2 is 1.67 bits per heavy atom. The average molecular weight is 465 g/mol. The van der Waals surface area contributed by atoms with Gasteiger partial charge in [-0.15, -0.1) is 0 Å². The van der Waals surface area contributed by atoms with Crippen LogP contribution >= 0.6 is 0 Å². The molecular formula is C24H32O9. The van der Waals surface area contributed by atoms with Gasteiger partial charge in [-0.3, -0.25) is 0 Å². The summed E-state index contributed by atoms with van der Waals surface area (Å²) in [6, 6.07) is 7.22. The van der Waals surface area contributed by atoms with E-state index >= 15 is 0 Å². The number of rotatable bonds is 12. The van der Waals surface area contributed by atoms with Crippen LogP contribution in [0.15, 0.2) is 24.3 Å². The summed E-state index contributed by atoms with van der Waals surface area (Å²) in [7, 11) is 3.00. The third-order valence-corrected chi connectivity index (χ3v) is 5.76. The van der Waals surface area contributed by atoms with Crippen molar-refractivity contribution in [2.45, 2.75) is 37.6 Å². The molecule has 2 aromatic carbocycles. The number of methoxy groups -OCH3 is 2. The monoisotopic (exact) mass is 464 g/mol. The molecule has 2 atom stereocenters. The second-order valence-electron chi connectivity index (χ2n) is 7.85. The smallest absolute Gasteiger partial charge is 0.167 e. The predicted octanol–water partition coefficient (Wildman–Crippen LogP) is 1.06. The molecule has 0 bridgehead atoms. The molecule has 0 saturated carbocycles. The first-order valence-electron chi connectivity index (χ1n) is 10.8. The van der Waals surface area contributed by atoms with Crippen LogP contribution in [-0.4, -0.2) is 72.3 Å². The molecule has 1 heterocycles. The van der Waals surface area contributed by atoms with Gasteiger partial charge in [0.1, 0.15) is 12.2 Å². The van der Waals surface area contributed by atoms with Crippen molar-refractivity contribution in [3.63, 3.8) is 0 Å². The zero-order chi connectivity index (χ0) is 24.0. The van der Waals surface area contributed by atoms with E-state index in [0.29, 0.717) is 41.2 Å². The van der Waals surface area contributed by atoms with Crippen LogP contribution in [0.25, 0.3) is 0 Å². The van der Waals surface area contributed by atoms with Crippen LogP contribution in [0, 0.1) is 0 Å². The fourth-order valence-electron chi connectivity index (χ4n) is 4.08. The van der Waals surface area contributed by atoms with E-state index in [4.69, 9.17) is 18.9 Å². The average Bonchev–Trinajstić information content (AvgIpc) is 3.23. The summed E-state index contributed by atoms with van der Waals surface area (Å²) >= 11 is 0. The van der Waals surface area contributed by atoms with E-state index in [0.717, 1.165) is 11.1 Å². The van der Waals surface area contributed by atoms with Gasteiger partial charge in [0, 0.05) is 17.7 Å². The highest BCUT2D eigenvalue weighted by atomic mass is 16.5. The minimum Gasteiger partial charge on any atom is -0.493 e. The fourth-order valence-corrected chi connectivity index (χ4v) is 4.08. The van der Waals surface area contributed by atoms with Crippen LogP contribution in [0.1, 0.15) is 40.7 Å². The first-order chi connectivity index (χ1) is 16.0. The Kier molecular flexibility index (Phi) is 8.76. The Morgan fingerprint density at radius 1 is 0.939 bits per heavy atom. The van der Waals surface area contributed by atoms with Crippen LogP contribution in [0.3, 0.4) is 0 Å². The lowest BCUT2D eigenvalue weighted by Crippen LogP contribution is -2.26. The molecule has 1 aliphatic rings. The molecule has 1 aliphatic heterocycles. The standard InChI is InChI=1S/C24H32O9/c1-30-20-7-14(4-3-5-25)6-18-19(13-29)22(33-24(18)20)15-8-16(10-26)23(21(9-15)31-2)32-17(11-27)12-28/h6-9,17,19,22,25-29H,3-5,10-13H2,1-2H3. The van der Waals surface area contributed by atoms with Gasteiger partial charge in [-0.1, -0.05) is 6.07 Å². The van der Waals surface area contributed by atoms with Crippen LogP contribution < -0.4 is 18.9 Å². The lowest BCUT2D eigenvalue weighted by atomic mass is 9.89. The summed E-state index contributed by atoms with van der Waals surface area (Å²) in [6.45, 7) is -1.29. The highest BCUT2D eigenvalue weighted by molar-refractivity contribution is 5.57. The molecule has 0 fully saturated rings. The number of aliphatic hydroxyl groups is 5. The van der Waals surface area contributed by atoms with E-state index in [9.17, 15) is 25.5 Å². The predicted molar refractivity (Wildman–Crippen MR) is 119 cm³/mol. The Labute approximate surface area is 192 Å². The minimum absolute atomic E-state index is 0.0769. The lowest BCUT2D eigenvalue weighted by Gasteiger charge is -2.23. The molecule has 2 aromatic rings. The fraction of sp³-hybridized carbons (Fsp3) is 0.500. The van der Waals surface area contributed by atoms with E-state index in [1.165, 1.54) is 7.11 Å². The van der Waals surface area contributed by atoms with E-state index in [1.807, 2.05) is 12.1 Å². The number of benzene rings is 2. The number of aryl methyl sites for hydroxylation is 1. The van der Waals surface area contributed by atoms with Gasteiger partial charge in [-0.05, 0) is 42.2 Å². The maximum atomic E-state index is 10.2. The summed E-state index contributed by atoms with van der Waals surface area (Å²) in [5, 5.41) is 48.1. The quantitative estimate of drug-likeness (QED) is 0.312. The lowest BCUT2D eigenvalue weighted by molar-refractivity contribution is 0.0590. The van der Waals surface area contributed by atoms with Crippen LogP contribution in [0.5, 0.6) is 23.0 Å². The number of hydrogen-bond donors (Lipinski definition) is 5. The van der Waals surface area contributed by atoms with Crippen molar-refractivity contribution in [1.82, 2.24) is 0 Å². The van der Waals surface area contributed by atoms with E-state index < -0.39 is 31.3 Å². The summed E-state index contributed by atoms with van der Waals surface area (Å²) < 4.78 is 22.9. The first kappa shape index (κ1) is 25.1. The van der Waals surface area contributed by atoms with E-state index in [1.54, 1.807) is 19.2 Å². The van der Waals surface area contributed by atoms with Crippen molar-refractivity contribution in [3.8, 4) is 23.0 Å². The summed E-state index contributed by atoms with van der Waals surface area (Å²) in [4.78, 5) is 0. The van der Waals surface area contributed by atoms with Gasteiger partial charge in [0.2, 0.25) is 0 Å². The molecular weight excluding hydrogens is 432 g/mol. The first-order valence-corrected chi connectivity index (χ1v) is 10.8. The zero-order valence-electron chi connectivity index (χ0n) is 18.9. The van der Waals surface area contributed by atoms with Crippen molar-refractivity contribution in [1.29, 1.82) is 0 Å². The Hall–Kier alpha value is -2.56. The van der Waals surface area contributed by atoms with Crippen LogP contribution in [-0.2, 0) is 13.0 Å². The second-order valence-corrected chi connectivity index (χ2v) is 7.85. The third-order valence-electron chi connectivity index (χ3n) is 5.76. The molecule has 0 spiro atoms. The number of hydrogen-bond acceptors (Lipinski definition) is 9. The van der Waals surface area contributed by atoms with Gasteiger partial charge in [-0.2, -0.15) is 0 Å². The van der Waals surface area contributed by atoms with Gasteiger partial charge in [0.15, 0.2) is 23.0 Å². The summed E-state index contributed by atoms with van der Waals surface area (Å²) in [6.07, 6.45) is -0.175. The Bertz CT molecular complexity index is 901. The maximum Gasteiger partial charge on any atom is 0.167 e. The molecule has 9 nitrogen and oxygen atoms in total. The molecule has 0 radical (unpaired) electrons. The summed E-state index contributed by atoms with van der Waals surface area (Å²) in [5.74, 6) is 1.21. The number of ether oxygens (including phenoxy) is 4. The number of aliphatic hydroxyl groups excluding tert-OH is 5. The molecule has 0 saturated heterocycles. The molecule has 2 unspecified atom stereocenters. The second kappa shape index (κ2) is 11.5. The molecule has 33 heavy (non-hydrogen) atoms. The van der Waals surface area contributed by atoms with Gasteiger partial charge in [0.05, 0.1) is 46.6 Å².